The van der Waals surface area contributed by atoms with Crippen LogP contribution in [-0.4, -0.2) is 292 Å². The van der Waals surface area contributed by atoms with E-state index in [-0.39, 0.29) is 141 Å². The van der Waals surface area contributed by atoms with Crippen molar-refractivity contribution in [3.63, 3.8) is 0 Å². The Balaban J connectivity index is 1.91. The number of likely N-dealkylation sites (tertiary alicyclic amines) is 1. The van der Waals surface area contributed by atoms with E-state index >= 15 is 0 Å². The van der Waals surface area contributed by atoms with Crippen molar-refractivity contribution in [1.82, 2.24) is 84.7 Å². The summed E-state index contributed by atoms with van der Waals surface area (Å²) in [5, 5.41) is 92.0. The van der Waals surface area contributed by atoms with E-state index < -0.39 is 253 Å². The molecule has 0 saturated carbocycles. The van der Waals surface area contributed by atoms with E-state index in [9.17, 15) is 112 Å². The number of hydrogen-bond donors (Lipinski definition) is 28. The van der Waals surface area contributed by atoms with Crippen LogP contribution in [0.2, 0.25) is 0 Å². The number of primary amides is 2. The zero-order valence-electron chi connectivity index (χ0n) is 73.3. The minimum atomic E-state index is -2.11. The summed E-state index contributed by atoms with van der Waals surface area (Å²) in [5.74, 6) is -22.7. The molecule has 0 radical (unpaired) electrons. The van der Waals surface area contributed by atoms with Crippen molar-refractivity contribution < 1.29 is 112 Å². The zero-order valence-corrected chi connectivity index (χ0v) is 74.1. The van der Waals surface area contributed by atoms with Gasteiger partial charge in [-0.2, -0.15) is 11.8 Å². The highest BCUT2D eigenvalue weighted by atomic mass is 32.2. The Labute approximate surface area is 755 Å². The SMILES string of the molecule is CSCC[C@H](NC(=O)[C@H](CCCNC(=N)N)NC(=O)[C@@H](NC(=O)[C@H](CCCCN)NC(=O)[C@H](CC(N)=O)NC(=O)[C@H](CCCCN)NC(=O)[C@H](CCC(=O)O)NC(=O)[C@H](CO)NC(=O)[C@H](CC(=O)O)NC(=O)[C@H](CCCNC(=N)N)NC(=O)[C@@H](N)CCC(N)=O)C(C)C)C(=O)N[C@@H](C)C(=O)N1CCC[C@H]1C(=O)N[C@@H](Cc1ccccc1)C(=O)N[C@@H](Cc1ccccc1)C(=O)O. The minimum absolute atomic E-state index is 0.00117. The molecule has 1 aliphatic heterocycles. The summed E-state index contributed by atoms with van der Waals surface area (Å²) >= 11 is 1.30. The number of carbonyl (C=O) groups excluding carboxylic acids is 16. The number of carboxylic acids is 3. The van der Waals surface area contributed by atoms with Crippen LogP contribution in [-0.2, 0) is 104 Å². The fraction of sp³-hybridized carbons (Fsp3) is 0.593. The maximum absolute atomic E-state index is 14.7. The van der Waals surface area contributed by atoms with Crippen molar-refractivity contribution in [1.29, 1.82) is 10.8 Å². The number of hydrogen-bond acceptors (Lipinski definition) is 26. The van der Waals surface area contributed by atoms with Crippen molar-refractivity contribution >= 4 is 136 Å². The average molecular weight is 1850 g/mol. The van der Waals surface area contributed by atoms with Crippen LogP contribution in [0.4, 0.5) is 0 Å². The smallest absolute Gasteiger partial charge is 0.326 e. The lowest BCUT2D eigenvalue weighted by Gasteiger charge is -2.30. The van der Waals surface area contributed by atoms with E-state index in [1.165, 1.54) is 37.4 Å². The Morgan fingerprint density at radius 3 is 1.25 bits per heavy atom. The molecule has 3 rings (SSSR count). The van der Waals surface area contributed by atoms with Crippen LogP contribution in [0.5, 0.6) is 0 Å². The van der Waals surface area contributed by atoms with Crippen LogP contribution >= 0.6 is 11.8 Å². The number of guanidine groups is 2. The summed E-state index contributed by atoms with van der Waals surface area (Å²) in [4.78, 5) is 261. The molecule has 16 amide bonds. The first-order valence-electron chi connectivity index (χ1n) is 42.5. The molecule has 2 aromatic rings. The third-order valence-corrected chi connectivity index (χ3v) is 21.1. The topological polar surface area (TPSA) is 819 Å². The number of nitrogens with zero attached hydrogens (tertiary/aromatic N) is 1. The van der Waals surface area contributed by atoms with E-state index in [0.717, 1.165) is 0 Å². The summed E-state index contributed by atoms with van der Waals surface area (Å²) < 4.78 is 0. The molecule has 2 aromatic carbocycles. The van der Waals surface area contributed by atoms with E-state index in [1.807, 2.05) is 5.32 Å². The number of carbonyl (C=O) groups is 19. The first-order valence-corrected chi connectivity index (χ1v) is 43.9. The van der Waals surface area contributed by atoms with Crippen molar-refractivity contribution in [3.05, 3.63) is 71.8 Å². The van der Waals surface area contributed by atoms with E-state index in [0.29, 0.717) is 17.5 Å². The molecule has 0 unspecified atom stereocenters. The minimum Gasteiger partial charge on any atom is -0.481 e. The number of thioether (sulfide) groups is 1. The van der Waals surface area contributed by atoms with Gasteiger partial charge in [0.15, 0.2) is 11.9 Å². The van der Waals surface area contributed by atoms with Crippen LogP contribution in [0.15, 0.2) is 60.7 Å². The van der Waals surface area contributed by atoms with Crippen LogP contribution in [0.3, 0.4) is 0 Å². The third-order valence-electron chi connectivity index (χ3n) is 20.5. The Hall–Kier alpha value is -12.9. The molecule has 130 heavy (non-hydrogen) atoms. The summed E-state index contributed by atoms with van der Waals surface area (Å²) in [6.45, 7) is 3.27. The number of aliphatic carboxylic acids is 3. The third kappa shape index (κ3) is 41.9. The van der Waals surface area contributed by atoms with Gasteiger partial charge in [0.1, 0.15) is 84.6 Å². The summed E-state index contributed by atoms with van der Waals surface area (Å²) in [7, 11) is 0. The van der Waals surface area contributed by atoms with Crippen LogP contribution in [0.25, 0.3) is 0 Å². The largest absolute Gasteiger partial charge is 0.481 e. The number of nitrogens with two attached hydrogens (primary N) is 7. The molecule has 15 atom stereocenters. The molecule has 1 aliphatic rings. The van der Waals surface area contributed by atoms with Crippen LogP contribution in [0, 0.1) is 16.7 Å². The fourth-order valence-electron chi connectivity index (χ4n) is 13.4. The molecular formula is C81H129N25O23S. The van der Waals surface area contributed by atoms with Gasteiger partial charge in [-0.3, -0.25) is 97.1 Å². The normalized spacial score (nSPS) is 15.4. The molecular weight excluding hydrogens is 1720 g/mol. The van der Waals surface area contributed by atoms with Crippen molar-refractivity contribution in [2.24, 2.45) is 46.1 Å². The second-order valence-electron chi connectivity index (χ2n) is 31.4. The monoisotopic (exact) mass is 1850 g/mol. The number of aliphatic hydroxyl groups is 1. The molecule has 0 spiro atoms. The molecule has 1 saturated heterocycles. The van der Waals surface area contributed by atoms with Gasteiger partial charge < -0.3 is 145 Å². The molecule has 49 heteroatoms. The standard InChI is InChI=1S/C81H129N25O23S/c1-43(2)64(77(126)99-51(25-16-35-92-81(89)90)67(116)98-53(31-37-130-4)66(115)93-44(3)78(127)106-36-17-26-59(106)76(125)102-54(38-45-18-7-5-8-19-45)72(121)103-57(79(128)129)39-46-20-9-6-10-21-46)105-71(120)49(23-12-14-33-83)96-73(122)55(40-61(86)109)100-68(117)48(22-11-13-32-82)95-70(119)52(28-30-62(110)111)97-75(124)58(42-107)104-74(123)56(41-63(112)113)101-69(118)50(24-15-34-91-80(87)88)94-65(114)47(84)27-29-60(85)108/h5-10,18-21,43-44,47-59,64,107H,11-17,22-42,82-84H2,1-4H3,(H2,85,108)(H2,86,109)(H,93,115)(H,94,114)(H,95,119)(H,96,122)(H,97,124)(H,98,116)(H,99,126)(H,100,117)(H,101,118)(H,102,125)(H,103,121)(H,104,123)(H,105,120)(H,110,111)(H,112,113)(H,128,129)(H4,87,88,91)(H4,89,90,92)/t44-,47-,48-,49-,50-,51-,52-,53-,54-,55-,56-,57-,58-,59-,64-/m0/s1. The van der Waals surface area contributed by atoms with Gasteiger partial charge in [0.2, 0.25) is 94.5 Å². The lowest BCUT2D eigenvalue weighted by Crippen LogP contribution is -2.61. The number of aliphatic hydroxyl groups excluding tert-OH is 1. The number of carboxylic acid groups (broad SMARTS) is 3. The highest BCUT2D eigenvalue weighted by molar-refractivity contribution is 7.98. The van der Waals surface area contributed by atoms with Gasteiger partial charge in [-0.05, 0) is 145 Å². The lowest BCUT2D eigenvalue weighted by atomic mass is 10.00. The van der Waals surface area contributed by atoms with Crippen LogP contribution in [0.1, 0.15) is 154 Å². The van der Waals surface area contributed by atoms with Gasteiger partial charge in [-0.1, -0.05) is 74.5 Å². The Kier molecular flexibility index (Phi) is 50.7. The highest BCUT2D eigenvalue weighted by Crippen LogP contribution is 2.21. The molecule has 48 nitrogen and oxygen atoms in total. The van der Waals surface area contributed by atoms with Gasteiger partial charge in [0.05, 0.1) is 25.5 Å². The predicted molar refractivity (Wildman–Crippen MR) is 472 cm³/mol. The van der Waals surface area contributed by atoms with Gasteiger partial charge in [0, 0.05) is 45.3 Å². The first kappa shape index (κ1) is 111. The van der Waals surface area contributed by atoms with Gasteiger partial charge in [-0.25, -0.2) is 4.79 Å². The molecule has 1 fully saturated rings. The number of rotatable bonds is 63. The molecule has 722 valence electrons. The van der Waals surface area contributed by atoms with Crippen LogP contribution < -0.4 is 120 Å². The Morgan fingerprint density at radius 1 is 0.431 bits per heavy atom. The Bertz CT molecular complexity index is 4180. The summed E-state index contributed by atoms with van der Waals surface area (Å²) in [6.07, 6.45) is -2.56. The molecule has 0 bridgehead atoms. The van der Waals surface area contributed by atoms with Gasteiger partial charge in [-0.15, -0.1) is 0 Å². The second kappa shape index (κ2) is 59.3. The molecule has 0 aliphatic carbocycles. The maximum atomic E-state index is 14.7. The number of nitrogens with one attached hydrogen (secondary N) is 17. The van der Waals surface area contributed by atoms with Crippen molar-refractivity contribution in [2.75, 3.05) is 51.3 Å². The maximum Gasteiger partial charge on any atom is 0.326 e. The second-order valence-corrected chi connectivity index (χ2v) is 32.3. The van der Waals surface area contributed by atoms with Crippen molar-refractivity contribution in [2.45, 2.75) is 246 Å². The molecule has 1 heterocycles. The van der Waals surface area contributed by atoms with E-state index in [2.05, 4.69) is 74.4 Å². The van der Waals surface area contributed by atoms with E-state index in [4.69, 9.17) is 51.0 Å². The summed E-state index contributed by atoms with van der Waals surface area (Å²) in [6, 6.07) is -6.79. The number of amides is 16. The number of unbranched alkanes of at least 4 members (excludes halogenated alkanes) is 2. The fourth-order valence-corrected chi connectivity index (χ4v) is 13.9. The van der Waals surface area contributed by atoms with Gasteiger partial charge >= 0.3 is 17.9 Å². The first-order chi connectivity index (χ1) is 61.5. The van der Waals surface area contributed by atoms with Crippen molar-refractivity contribution in [3.8, 4) is 0 Å². The highest BCUT2D eigenvalue weighted by Gasteiger charge is 2.42. The molecule has 0 aromatic heterocycles. The number of benzene rings is 2. The Morgan fingerprint density at radius 2 is 0.823 bits per heavy atom. The van der Waals surface area contributed by atoms with Gasteiger partial charge in [0.25, 0.3) is 0 Å². The summed E-state index contributed by atoms with van der Waals surface area (Å²) in [5.41, 5.74) is 40.4. The van der Waals surface area contributed by atoms with E-state index in [1.54, 1.807) is 66.9 Å². The average Bonchev–Trinajstić information content (AvgIpc) is 1.64. The lowest BCUT2D eigenvalue weighted by molar-refractivity contribution is -0.143. The molecule has 35 N–H and O–H groups in total. The quantitative estimate of drug-likeness (QED) is 0.0166. The zero-order chi connectivity index (χ0) is 97.3. The predicted octanol–water partition coefficient (Wildman–Crippen LogP) is -8.14.